The molecule has 1 saturated heterocycles. The van der Waals surface area contributed by atoms with Gasteiger partial charge >= 0.3 is 0 Å². The molecule has 10 nitrogen and oxygen atoms in total. The van der Waals surface area contributed by atoms with Crippen LogP contribution in [0.15, 0.2) is 67.4 Å². The van der Waals surface area contributed by atoms with Gasteiger partial charge in [-0.15, -0.1) is 0 Å². The number of carbonyl (C=O) groups is 2. The molecule has 2 aliphatic rings. The van der Waals surface area contributed by atoms with Crippen molar-refractivity contribution in [3.63, 3.8) is 0 Å². The number of amides is 2. The number of piperidine rings is 1. The van der Waals surface area contributed by atoms with Gasteiger partial charge in [0, 0.05) is 55.0 Å². The normalized spacial score (nSPS) is 14.9. The molecule has 0 unspecified atom stereocenters. The highest BCUT2D eigenvalue weighted by Crippen LogP contribution is 2.30. The average molecular weight is 569 g/mol. The van der Waals surface area contributed by atoms with Gasteiger partial charge in [-0.25, -0.2) is 4.98 Å². The van der Waals surface area contributed by atoms with Crippen LogP contribution in [0.25, 0.3) is 0 Å². The van der Waals surface area contributed by atoms with E-state index in [0.29, 0.717) is 48.3 Å². The summed E-state index contributed by atoms with van der Waals surface area (Å²) in [6, 6.07) is 11.3. The number of anilines is 5. The summed E-state index contributed by atoms with van der Waals surface area (Å²) in [7, 11) is 0. The fourth-order valence-corrected chi connectivity index (χ4v) is 5.37. The summed E-state index contributed by atoms with van der Waals surface area (Å²) in [5, 5.41) is 10.0. The first-order chi connectivity index (χ1) is 20.0. The smallest absolute Gasteiger partial charge is 0.253 e. The molecule has 2 aliphatic heterocycles. The van der Waals surface area contributed by atoms with Crippen LogP contribution in [-0.4, -0.2) is 49.7 Å². The number of halogens is 1. The Kier molecular flexibility index (Phi) is 7.73. The van der Waals surface area contributed by atoms with Crippen LogP contribution in [0.4, 0.5) is 28.8 Å². The molecule has 11 heteroatoms. The number of hydrogen-bond acceptors (Lipinski definition) is 8. The SMILES string of the molecule is O=C(CC1CCN(C(=O)c2ccncc2)CC1)Nc1ccc2cc1CCc1cncc(c1)Nc1ncc(Cl)c(n1)N2. The molecule has 6 rings (SSSR count). The Hall–Kier alpha value is -4.57. The quantitative estimate of drug-likeness (QED) is 0.299. The third kappa shape index (κ3) is 6.44. The average Bonchev–Trinajstić information content (AvgIpc) is 2.99. The molecule has 0 aliphatic carbocycles. The number of pyridine rings is 2. The molecule has 4 aromatic rings. The highest BCUT2D eigenvalue weighted by atomic mass is 35.5. The lowest BCUT2D eigenvalue weighted by atomic mass is 9.92. The third-order valence-electron chi connectivity index (χ3n) is 7.42. The van der Waals surface area contributed by atoms with Crippen molar-refractivity contribution in [1.82, 2.24) is 24.8 Å². The van der Waals surface area contributed by atoms with E-state index >= 15 is 0 Å². The summed E-state index contributed by atoms with van der Waals surface area (Å²) in [6.45, 7) is 1.28. The molecule has 2 amide bonds. The van der Waals surface area contributed by atoms with Crippen LogP contribution < -0.4 is 16.0 Å². The van der Waals surface area contributed by atoms with Gasteiger partial charge in [-0.3, -0.25) is 19.6 Å². The Balaban J connectivity index is 1.14. The largest absolute Gasteiger partial charge is 0.339 e. The van der Waals surface area contributed by atoms with E-state index in [1.165, 1.54) is 0 Å². The van der Waals surface area contributed by atoms with E-state index in [0.717, 1.165) is 47.5 Å². The molecule has 6 bridgehead atoms. The van der Waals surface area contributed by atoms with Crippen LogP contribution in [0.1, 0.15) is 40.7 Å². The van der Waals surface area contributed by atoms with Crippen molar-refractivity contribution in [2.75, 3.05) is 29.0 Å². The van der Waals surface area contributed by atoms with Crippen LogP contribution in [-0.2, 0) is 17.6 Å². The molecule has 41 heavy (non-hydrogen) atoms. The van der Waals surface area contributed by atoms with Crippen molar-refractivity contribution in [3.05, 3.63) is 89.1 Å². The summed E-state index contributed by atoms with van der Waals surface area (Å²) in [5.41, 5.74) is 5.04. The van der Waals surface area contributed by atoms with Gasteiger partial charge in [0.15, 0.2) is 5.82 Å². The number of benzene rings is 1. The maximum Gasteiger partial charge on any atom is 0.253 e. The number of fused-ring (bicyclic) bond motifs is 6. The van der Waals surface area contributed by atoms with Gasteiger partial charge in [-0.1, -0.05) is 11.6 Å². The highest BCUT2D eigenvalue weighted by Gasteiger charge is 2.25. The Labute approximate surface area is 242 Å². The van der Waals surface area contributed by atoms with Crippen molar-refractivity contribution in [1.29, 1.82) is 0 Å². The van der Waals surface area contributed by atoms with Crippen LogP contribution in [0.2, 0.25) is 5.02 Å². The summed E-state index contributed by atoms with van der Waals surface area (Å²) in [4.78, 5) is 44.9. The molecule has 5 heterocycles. The van der Waals surface area contributed by atoms with Crippen molar-refractivity contribution in [3.8, 4) is 0 Å². The molecule has 0 radical (unpaired) electrons. The van der Waals surface area contributed by atoms with E-state index in [4.69, 9.17) is 11.6 Å². The molecule has 1 aromatic carbocycles. The van der Waals surface area contributed by atoms with E-state index in [-0.39, 0.29) is 17.7 Å². The lowest BCUT2D eigenvalue weighted by molar-refractivity contribution is -0.117. The second-order valence-corrected chi connectivity index (χ2v) is 10.7. The van der Waals surface area contributed by atoms with E-state index in [1.807, 2.05) is 35.4 Å². The first-order valence-corrected chi connectivity index (χ1v) is 14.0. The number of nitrogens with one attached hydrogen (secondary N) is 3. The van der Waals surface area contributed by atoms with Crippen LogP contribution in [0.5, 0.6) is 0 Å². The third-order valence-corrected chi connectivity index (χ3v) is 7.70. The fourth-order valence-electron chi connectivity index (χ4n) is 5.23. The summed E-state index contributed by atoms with van der Waals surface area (Å²) < 4.78 is 0. The Morgan fingerprint density at radius 3 is 2.61 bits per heavy atom. The number of aromatic nitrogens is 4. The molecule has 3 aromatic heterocycles. The first kappa shape index (κ1) is 26.6. The van der Waals surface area contributed by atoms with E-state index in [1.54, 1.807) is 36.9 Å². The van der Waals surface area contributed by atoms with Crippen molar-refractivity contribution in [2.45, 2.75) is 32.1 Å². The molecule has 0 saturated carbocycles. The zero-order valence-electron chi connectivity index (χ0n) is 22.3. The highest BCUT2D eigenvalue weighted by molar-refractivity contribution is 6.32. The first-order valence-electron chi connectivity index (χ1n) is 13.6. The van der Waals surface area contributed by atoms with Gasteiger partial charge in [-0.05, 0) is 79.1 Å². The standard InChI is InChI=1S/C30H29ClN8O2/c31-25-18-34-30-36-24-13-20(16-33-17-24)1-2-22-15-23(35-28(25)38-30)3-4-26(22)37-27(40)14-19-7-11-39(12-8-19)29(41)21-5-9-32-10-6-21/h3-6,9-10,13,15-19H,1-2,7-8,11-12,14H2,(H,37,40)(H2,34,35,36,38). The van der Waals surface area contributed by atoms with Crippen molar-refractivity contribution in [2.24, 2.45) is 5.92 Å². The minimum Gasteiger partial charge on any atom is -0.339 e. The molecule has 208 valence electrons. The van der Waals surface area contributed by atoms with E-state index in [2.05, 4.69) is 35.9 Å². The summed E-state index contributed by atoms with van der Waals surface area (Å²) in [5.74, 6) is 1.09. The molecule has 3 N–H and O–H groups in total. The molecule has 0 atom stereocenters. The summed E-state index contributed by atoms with van der Waals surface area (Å²) in [6.07, 6.45) is 11.8. The van der Waals surface area contributed by atoms with Crippen molar-refractivity contribution >= 4 is 52.2 Å². The van der Waals surface area contributed by atoms with Crippen LogP contribution in [0.3, 0.4) is 0 Å². The second-order valence-electron chi connectivity index (χ2n) is 10.3. The topological polar surface area (TPSA) is 125 Å². The number of aryl methyl sites for hydroxylation is 2. The second kappa shape index (κ2) is 11.9. The monoisotopic (exact) mass is 568 g/mol. The van der Waals surface area contributed by atoms with E-state index in [9.17, 15) is 9.59 Å². The summed E-state index contributed by atoms with van der Waals surface area (Å²) >= 11 is 6.37. The van der Waals surface area contributed by atoms with Crippen LogP contribution in [0, 0.1) is 5.92 Å². The fraction of sp³-hybridized carbons (Fsp3) is 0.267. The molecule has 1 fully saturated rings. The van der Waals surface area contributed by atoms with Gasteiger partial charge in [-0.2, -0.15) is 4.98 Å². The van der Waals surface area contributed by atoms with Gasteiger partial charge in [0.2, 0.25) is 11.9 Å². The predicted molar refractivity (Wildman–Crippen MR) is 158 cm³/mol. The molecular weight excluding hydrogens is 540 g/mol. The van der Waals surface area contributed by atoms with Gasteiger partial charge in [0.05, 0.1) is 18.1 Å². The zero-order chi connectivity index (χ0) is 28.2. The number of nitrogens with zero attached hydrogens (tertiary/aromatic N) is 5. The van der Waals surface area contributed by atoms with Gasteiger partial charge in [0.1, 0.15) is 5.02 Å². The van der Waals surface area contributed by atoms with E-state index < -0.39 is 0 Å². The van der Waals surface area contributed by atoms with Crippen molar-refractivity contribution < 1.29 is 9.59 Å². The Bertz CT molecular complexity index is 1570. The lowest BCUT2D eigenvalue weighted by Crippen LogP contribution is -2.39. The lowest BCUT2D eigenvalue weighted by Gasteiger charge is -2.31. The molecular formula is C30H29ClN8O2. The number of hydrogen-bond donors (Lipinski definition) is 3. The molecule has 0 spiro atoms. The van der Waals surface area contributed by atoms with Gasteiger partial charge < -0.3 is 20.9 Å². The van der Waals surface area contributed by atoms with Crippen LogP contribution >= 0.6 is 11.6 Å². The zero-order valence-corrected chi connectivity index (χ0v) is 23.1. The van der Waals surface area contributed by atoms with Gasteiger partial charge in [0.25, 0.3) is 5.91 Å². The number of likely N-dealkylation sites (tertiary alicyclic amines) is 1. The minimum absolute atomic E-state index is 0.0139. The number of rotatable bonds is 4. The Morgan fingerprint density at radius 1 is 0.951 bits per heavy atom. The number of carbonyl (C=O) groups excluding carboxylic acids is 2. The Morgan fingerprint density at radius 2 is 1.78 bits per heavy atom. The maximum atomic E-state index is 13.1. The minimum atomic E-state index is -0.0277. The predicted octanol–water partition coefficient (Wildman–Crippen LogP) is 5.39. The maximum absolute atomic E-state index is 13.1.